The minimum absolute atomic E-state index is 0.143. The topological polar surface area (TPSA) is 61.0 Å². The predicted molar refractivity (Wildman–Crippen MR) is 117 cm³/mol. The number of carbonyl (C=O) groups is 1. The maximum atomic E-state index is 12.1. The molecule has 3 aromatic rings. The minimum atomic E-state index is -0.539. The molecule has 0 atom stereocenters. The maximum Gasteiger partial charge on any atom is 0.363 e. The second-order valence-corrected chi connectivity index (χ2v) is 8.12. The van der Waals surface area contributed by atoms with E-state index < -0.39 is 5.97 Å². The molecule has 0 aliphatic carbocycles. The summed E-state index contributed by atoms with van der Waals surface area (Å²) in [5.41, 5.74) is 1.80. The molecule has 4 rings (SSSR count). The highest BCUT2D eigenvalue weighted by Crippen LogP contribution is 2.36. The normalized spacial score (nSPS) is 14.8. The average Bonchev–Trinajstić information content (AvgIpc) is 3.33. The summed E-state index contributed by atoms with van der Waals surface area (Å²) >= 11 is 13.2. The van der Waals surface area contributed by atoms with Gasteiger partial charge in [-0.25, -0.2) is 9.79 Å². The fraction of sp³-hybridized carbons (Fsp3) is 0.0476. The van der Waals surface area contributed by atoms with Crippen molar-refractivity contribution >= 4 is 61.4 Å². The Morgan fingerprint density at radius 1 is 1.10 bits per heavy atom. The summed E-state index contributed by atoms with van der Waals surface area (Å²) in [5, 5.41) is 0.645. The van der Waals surface area contributed by atoms with Crippen LogP contribution >= 0.6 is 43.5 Å². The smallest absolute Gasteiger partial charge is 0.363 e. The molecule has 146 valence electrons. The standard InChI is InChI=1S/C21H12Br2ClNO4/c22-14-8-12(10-17-21(26)29-20(25-17)18-6-3-7-27-18)9-15(23)19(14)28-11-13-4-1-2-5-16(13)24/h1-10H,11H2/b17-10-. The van der Waals surface area contributed by atoms with E-state index in [1.807, 2.05) is 36.4 Å². The van der Waals surface area contributed by atoms with Crippen LogP contribution < -0.4 is 4.74 Å². The molecule has 0 unspecified atom stereocenters. The summed E-state index contributed by atoms with van der Waals surface area (Å²) in [5.74, 6) is 0.625. The van der Waals surface area contributed by atoms with Gasteiger partial charge in [-0.3, -0.25) is 0 Å². The van der Waals surface area contributed by atoms with Gasteiger partial charge in [0, 0.05) is 10.6 Å². The number of carbonyl (C=O) groups excluding carboxylic acids is 1. The lowest BCUT2D eigenvalue weighted by atomic mass is 10.2. The Bertz CT molecular complexity index is 1120. The van der Waals surface area contributed by atoms with Gasteiger partial charge in [0.2, 0.25) is 0 Å². The van der Waals surface area contributed by atoms with Crippen LogP contribution in [0.3, 0.4) is 0 Å². The first-order valence-electron chi connectivity index (χ1n) is 8.43. The quantitative estimate of drug-likeness (QED) is 0.280. The van der Waals surface area contributed by atoms with E-state index >= 15 is 0 Å². The predicted octanol–water partition coefficient (Wildman–Crippen LogP) is 6.38. The number of hydrogen-bond acceptors (Lipinski definition) is 5. The second kappa shape index (κ2) is 8.57. The van der Waals surface area contributed by atoms with Crippen LogP contribution in [0.5, 0.6) is 5.75 Å². The Kier molecular flexibility index (Phi) is 5.89. The number of rotatable bonds is 5. The number of halogens is 3. The van der Waals surface area contributed by atoms with Gasteiger partial charge in [-0.1, -0.05) is 29.8 Å². The molecule has 0 saturated carbocycles. The van der Waals surface area contributed by atoms with E-state index in [-0.39, 0.29) is 11.6 Å². The number of aliphatic imine (C=N–C) groups is 1. The van der Waals surface area contributed by atoms with Crippen molar-refractivity contribution in [3.05, 3.63) is 91.3 Å². The molecule has 2 aromatic carbocycles. The molecule has 1 aliphatic rings. The van der Waals surface area contributed by atoms with Gasteiger partial charge in [0.25, 0.3) is 5.90 Å². The second-order valence-electron chi connectivity index (χ2n) is 6.01. The van der Waals surface area contributed by atoms with Crippen LogP contribution in [0.1, 0.15) is 16.9 Å². The van der Waals surface area contributed by atoms with Gasteiger partial charge in [-0.05, 0) is 73.8 Å². The first-order valence-corrected chi connectivity index (χ1v) is 10.4. The SMILES string of the molecule is O=C1OC(c2ccco2)=N/C1=C\c1cc(Br)c(OCc2ccccc2Cl)c(Br)c1. The fourth-order valence-electron chi connectivity index (χ4n) is 2.64. The number of furan rings is 1. The highest BCUT2D eigenvalue weighted by Gasteiger charge is 2.26. The van der Waals surface area contributed by atoms with Gasteiger partial charge in [0.05, 0.1) is 15.2 Å². The molecule has 2 heterocycles. The van der Waals surface area contributed by atoms with Crippen molar-refractivity contribution in [2.45, 2.75) is 6.61 Å². The molecule has 0 saturated heterocycles. The third-order valence-electron chi connectivity index (χ3n) is 4.01. The van der Waals surface area contributed by atoms with Gasteiger partial charge in [-0.2, -0.15) is 0 Å². The first-order chi connectivity index (χ1) is 14.0. The monoisotopic (exact) mass is 535 g/mol. The zero-order chi connectivity index (χ0) is 20.4. The summed E-state index contributed by atoms with van der Waals surface area (Å²) in [6.45, 7) is 0.320. The molecule has 1 aliphatic heterocycles. The summed E-state index contributed by atoms with van der Waals surface area (Å²) in [6.07, 6.45) is 3.12. The van der Waals surface area contributed by atoms with Gasteiger partial charge >= 0.3 is 5.97 Å². The van der Waals surface area contributed by atoms with Crippen molar-refractivity contribution < 1.29 is 18.7 Å². The van der Waals surface area contributed by atoms with Crippen molar-refractivity contribution in [2.75, 3.05) is 0 Å². The minimum Gasteiger partial charge on any atom is -0.486 e. The largest absolute Gasteiger partial charge is 0.486 e. The number of esters is 1. The Morgan fingerprint density at radius 2 is 1.86 bits per heavy atom. The van der Waals surface area contributed by atoms with E-state index in [9.17, 15) is 4.79 Å². The van der Waals surface area contributed by atoms with Crippen LogP contribution in [0.25, 0.3) is 6.08 Å². The van der Waals surface area contributed by atoms with Crippen LogP contribution in [-0.2, 0) is 16.1 Å². The Labute approximate surface area is 188 Å². The molecule has 0 N–H and O–H groups in total. The molecule has 0 amide bonds. The van der Waals surface area contributed by atoms with Crippen LogP contribution in [0.2, 0.25) is 5.02 Å². The number of hydrogen-bond donors (Lipinski definition) is 0. The highest BCUT2D eigenvalue weighted by molar-refractivity contribution is 9.11. The molecule has 0 fully saturated rings. The van der Waals surface area contributed by atoms with Crippen LogP contribution in [0, 0.1) is 0 Å². The fourth-order valence-corrected chi connectivity index (χ4v) is 4.28. The number of benzene rings is 2. The number of cyclic esters (lactones) is 1. The Balaban J connectivity index is 1.56. The van der Waals surface area contributed by atoms with E-state index in [1.165, 1.54) is 6.26 Å². The average molecular weight is 538 g/mol. The van der Waals surface area contributed by atoms with Crippen molar-refractivity contribution in [2.24, 2.45) is 4.99 Å². The van der Waals surface area contributed by atoms with Gasteiger partial charge in [0.1, 0.15) is 12.4 Å². The van der Waals surface area contributed by atoms with Crippen LogP contribution in [-0.4, -0.2) is 11.9 Å². The number of ether oxygens (including phenoxy) is 2. The molecule has 1 aromatic heterocycles. The summed E-state index contributed by atoms with van der Waals surface area (Å²) < 4.78 is 17.7. The molecule has 0 bridgehead atoms. The van der Waals surface area contributed by atoms with Gasteiger partial charge < -0.3 is 13.9 Å². The molecular weight excluding hydrogens is 525 g/mol. The summed E-state index contributed by atoms with van der Waals surface area (Å²) in [7, 11) is 0. The van der Waals surface area contributed by atoms with Crippen molar-refractivity contribution in [3.63, 3.8) is 0 Å². The van der Waals surface area contributed by atoms with Crippen molar-refractivity contribution in [1.82, 2.24) is 0 Å². The third kappa shape index (κ3) is 4.47. The Hall–Kier alpha value is -2.35. The van der Waals surface area contributed by atoms with Crippen LogP contribution in [0.4, 0.5) is 0 Å². The van der Waals surface area contributed by atoms with Crippen LogP contribution in [0.15, 0.2) is 78.8 Å². The van der Waals surface area contributed by atoms with Crippen molar-refractivity contribution in [1.29, 1.82) is 0 Å². The lowest BCUT2D eigenvalue weighted by Crippen LogP contribution is -2.04. The lowest BCUT2D eigenvalue weighted by molar-refractivity contribution is -0.130. The molecule has 8 heteroatoms. The van der Waals surface area contributed by atoms with E-state index in [0.29, 0.717) is 32.1 Å². The van der Waals surface area contributed by atoms with Gasteiger partial charge in [0.15, 0.2) is 11.5 Å². The van der Waals surface area contributed by atoms with E-state index in [2.05, 4.69) is 36.9 Å². The zero-order valence-corrected chi connectivity index (χ0v) is 18.6. The Morgan fingerprint density at radius 3 is 2.55 bits per heavy atom. The zero-order valence-electron chi connectivity index (χ0n) is 14.7. The van der Waals surface area contributed by atoms with E-state index in [4.69, 9.17) is 25.5 Å². The van der Waals surface area contributed by atoms with Gasteiger partial charge in [-0.15, -0.1) is 0 Å². The molecular formula is C21H12Br2ClNO4. The molecule has 0 spiro atoms. The van der Waals surface area contributed by atoms with E-state index in [1.54, 1.807) is 18.2 Å². The molecule has 29 heavy (non-hydrogen) atoms. The lowest BCUT2D eigenvalue weighted by Gasteiger charge is -2.12. The third-order valence-corrected chi connectivity index (χ3v) is 5.55. The van der Waals surface area contributed by atoms with E-state index in [0.717, 1.165) is 11.1 Å². The number of nitrogens with zero attached hydrogens (tertiary/aromatic N) is 1. The van der Waals surface area contributed by atoms with Crippen molar-refractivity contribution in [3.8, 4) is 5.75 Å². The molecule has 0 radical (unpaired) electrons. The summed E-state index contributed by atoms with van der Waals surface area (Å²) in [4.78, 5) is 16.3. The first kappa shape index (κ1) is 19.9. The molecule has 5 nitrogen and oxygen atoms in total. The summed E-state index contributed by atoms with van der Waals surface area (Å²) in [6, 6.07) is 14.5. The maximum absolute atomic E-state index is 12.1. The highest BCUT2D eigenvalue weighted by atomic mass is 79.9.